The van der Waals surface area contributed by atoms with E-state index in [2.05, 4.69) is 22.0 Å². The molecule has 3 aromatic heterocycles. The molecule has 0 saturated heterocycles. The normalized spacial score (nSPS) is 19.4. The van der Waals surface area contributed by atoms with Crippen LogP contribution in [0.25, 0.3) is 28.1 Å². The summed E-state index contributed by atoms with van der Waals surface area (Å²) in [5.74, 6) is 1.36. The molecule has 0 bridgehead atoms. The zero-order valence-electron chi connectivity index (χ0n) is 15.2. The second-order valence-electron chi connectivity index (χ2n) is 7.49. The van der Waals surface area contributed by atoms with Gasteiger partial charge in [-0.2, -0.15) is 4.98 Å². The number of fused-ring (bicyclic) bond motifs is 3. The number of halogens is 1. The van der Waals surface area contributed by atoms with E-state index >= 15 is 0 Å². The molecule has 27 heavy (non-hydrogen) atoms. The molecule has 2 unspecified atom stereocenters. The number of hydrogen-bond acceptors (Lipinski definition) is 5. The smallest absolute Gasteiger partial charge is 0.278 e. The van der Waals surface area contributed by atoms with E-state index in [9.17, 15) is 9.18 Å². The first kappa shape index (κ1) is 16.2. The Kier molecular flexibility index (Phi) is 3.28. The van der Waals surface area contributed by atoms with Crippen LogP contribution in [0.15, 0.2) is 33.8 Å². The molecule has 5 rings (SSSR count). The van der Waals surface area contributed by atoms with Gasteiger partial charge in [-0.1, -0.05) is 12.1 Å². The van der Waals surface area contributed by atoms with E-state index < -0.39 is 5.82 Å². The number of imidazole rings is 1. The topological polar surface area (TPSA) is 78.2 Å². The minimum absolute atomic E-state index is 0.153. The Balaban J connectivity index is 1.81. The van der Waals surface area contributed by atoms with Crippen LogP contribution >= 0.6 is 0 Å². The highest BCUT2D eigenvalue weighted by Gasteiger charge is 2.38. The van der Waals surface area contributed by atoms with Crippen LogP contribution in [0.4, 0.5) is 4.39 Å². The molecular weight excluding hydrogens is 349 g/mol. The molecule has 1 aromatic carbocycles. The van der Waals surface area contributed by atoms with Crippen LogP contribution in [-0.4, -0.2) is 24.1 Å². The van der Waals surface area contributed by atoms with E-state index in [0.29, 0.717) is 39.9 Å². The van der Waals surface area contributed by atoms with Crippen LogP contribution in [-0.2, 0) is 0 Å². The molecule has 4 aromatic rings. The van der Waals surface area contributed by atoms with Gasteiger partial charge in [0.05, 0.1) is 11.0 Å². The van der Waals surface area contributed by atoms with Gasteiger partial charge in [0, 0.05) is 12.0 Å². The lowest BCUT2D eigenvalue weighted by molar-refractivity contribution is 0.421. The Labute approximate surface area is 153 Å². The van der Waals surface area contributed by atoms with Crippen molar-refractivity contribution >= 4 is 16.6 Å². The van der Waals surface area contributed by atoms with Crippen LogP contribution in [0.3, 0.4) is 0 Å². The lowest BCUT2D eigenvalue weighted by Crippen LogP contribution is -2.24. The molecule has 3 heterocycles. The summed E-state index contributed by atoms with van der Waals surface area (Å²) in [4.78, 5) is 22.1. The zero-order valence-corrected chi connectivity index (χ0v) is 15.2. The van der Waals surface area contributed by atoms with E-state index in [-0.39, 0.29) is 17.5 Å². The van der Waals surface area contributed by atoms with Crippen molar-refractivity contribution in [2.75, 3.05) is 0 Å². The average molecular weight is 367 g/mol. The van der Waals surface area contributed by atoms with Gasteiger partial charge in [-0.05, 0) is 44.4 Å². The first-order valence-corrected chi connectivity index (χ1v) is 9.00. The van der Waals surface area contributed by atoms with Gasteiger partial charge in [0.1, 0.15) is 17.7 Å². The number of aromatic nitrogens is 5. The molecule has 1 fully saturated rings. The highest BCUT2D eigenvalue weighted by Crippen LogP contribution is 2.45. The number of rotatable bonds is 3. The summed E-state index contributed by atoms with van der Waals surface area (Å²) >= 11 is 0. The van der Waals surface area contributed by atoms with Crippen LogP contribution in [0.5, 0.6) is 0 Å². The van der Waals surface area contributed by atoms with Gasteiger partial charge in [-0.3, -0.25) is 9.20 Å². The minimum atomic E-state index is -0.393. The summed E-state index contributed by atoms with van der Waals surface area (Å²) in [5.41, 5.74) is 1.64. The molecule has 0 spiro atoms. The maximum atomic E-state index is 13.8. The van der Waals surface area contributed by atoms with Crippen molar-refractivity contribution in [3.63, 3.8) is 0 Å². The SMILES string of the molecule is CC1CC1c1noc(-c2ncn3c2c(=O)n(C(C)C)c2cc(F)ccc23)n1. The van der Waals surface area contributed by atoms with Crippen molar-refractivity contribution in [1.82, 2.24) is 24.1 Å². The van der Waals surface area contributed by atoms with E-state index in [1.807, 2.05) is 13.8 Å². The molecule has 0 aliphatic heterocycles. The third kappa shape index (κ3) is 2.32. The summed E-state index contributed by atoms with van der Waals surface area (Å²) in [6.07, 6.45) is 2.58. The van der Waals surface area contributed by atoms with Gasteiger partial charge >= 0.3 is 0 Å². The van der Waals surface area contributed by atoms with Crippen LogP contribution in [0.2, 0.25) is 0 Å². The molecular formula is C19H18FN5O2. The maximum Gasteiger partial charge on any atom is 0.278 e. The van der Waals surface area contributed by atoms with Crippen molar-refractivity contribution in [3.8, 4) is 11.6 Å². The molecule has 0 N–H and O–H groups in total. The maximum absolute atomic E-state index is 13.8. The monoisotopic (exact) mass is 367 g/mol. The molecule has 2 atom stereocenters. The van der Waals surface area contributed by atoms with Crippen molar-refractivity contribution in [3.05, 3.63) is 46.5 Å². The molecule has 1 saturated carbocycles. The van der Waals surface area contributed by atoms with E-state index in [1.54, 1.807) is 21.4 Å². The predicted molar refractivity (Wildman–Crippen MR) is 97.1 cm³/mol. The Hall–Kier alpha value is -3.03. The Morgan fingerprint density at radius 1 is 1.30 bits per heavy atom. The minimum Gasteiger partial charge on any atom is -0.332 e. The average Bonchev–Trinajstić information content (AvgIpc) is 3.02. The van der Waals surface area contributed by atoms with E-state index in [4.69, 9.17) is 4.52 Å². The van der Waals surface area contributed by atoms with Crippen molar-refractivity contribution in [2.45, 2.75) is 39.2 Å². The molecule has 7 nitrogen and oxygen atoms in total. The lowest BCUT2D eigenvalue weighted by atomic mass is 10.2. The molecule has 1 aliphatic rings. The van der Waals surface area contributed by atoms with Gasteiger partial charge in [-0.25, -0.2) is 9.37 Å². The predicted octanol–water partition coefficient (Wildman–Crippen LogP) is 3.54. The van der Waals surface area contributed by atoms with Crippen molar-refractivity contribution < 1.29 is 8.91 Å². The Morgan fingerprint density at radius 2 is 2.07 bits per heavy atom. The third-order valence-corrected chi connectivity index (χ3v) is 5.25. The zero-order chi connectivity index (χ0) is 18.9. The summed E-state index contributed by atoms with van der Waals surface area (Å²) in [6, 6.07) is 4.23. The quantitative estimate of drug-likeness (QED) is 0.553. The molecule has 138 valence electrons. The van der Waals surface area contributed by atoms with Crippen LogP contribution < -0.4 is 5.56 Å². The summed E-state index contributed by atoms with van der Waals surface area (Å²) in [6.45, 7) is 5.91. The van der Waals surface area contributed by atoms with Crippen LogP contribution in [0.1, 0.15) is 45.0 Å². The highest BCUT2D eigenvalue weighted by molar-refractivity contribution is 5.83. The molecule has 0 amide bonds. The van der Waals surface area contributed by atoms with Crippen molar-refractivity contribution in [2.24, 2.45) is 5.92 Å². The standard InChI is InChI=1S/C19H18FN5O2/c1-9(2)25-14-7-11(20)4-5-13(14)24-8-21-15(16(24)19(25)26)18-22-17(23-27-18)12-6-10(12)3/h4-5,7-10,12H,6H2,1-3H3. The van der Waals surface area contributed by atoms with Gasteiger partial charge in [-0.15, -0.1) is 0 Å². The molecule has 1 aliphatic carbocycles. The van der Waals surface area contributed by atoms with Gasteiger partial charge < -0.3 is 9.09 Å². The fourth-order valence-corrected chi connectivity index (χ4v) is 3.68. The molecule has 8 heteroatoms. The van der Waals surface area contributed by atoms with Gasteiger partial charge in [0.25, 0.3) is 11.4 Å². The fraction of sp³-hybridized carbons (Fsp3) is 0.368. The summed E-state index contributed by atoms with van der Waals surface area (Å²) in [7, 11) is 0. The number of hydrogen-bond donors (Lipinski definition) is 0. The van der Waals surface area contributed by atoms with E-state index in [0.717, 1.165) is 6.42 Å². The Morgan fingerprint density at radius 3 is 2.78 bits per heavy atom. The highest BCUT2D eigenvalue weighted by atomic mass is 19.1. The fourth-order valence-electron chi connectivity index (χ4n) is 3.68. The lowest BCUT2D eigenvalue weighted by Gasteiger charge is -2.15. The number of benzene rings is 1. The van der Waals surface area contributed by atoms with Gasteiger partial charge in [0.2, 0.25) is 0 Å². The van der Waals surface area contributed by atoms with Crippen molar-refractivity contribution in [1.29, 1.82) is 0 Å². The Bertz CT molecular complexity index is 1250. The summed E-state index contributed by atoms with van der Waals surface area (Å²) < 4.78 is 22.5. The first-order valence-electron chi connectivity index (χ1n) is 9.00. The van der Waals surface area contributed by atoms with E-state index in [1.165, 1.54) is 12.1 Å². The summed E-state index contributed by atoms with van der Waals surface area (Å²) in [5, 5.41) is 4.06. The van der Waals surface area contributed by atoms with Gasteiger partial charge in [0.15, 0.2) is 11.5 Å². The largest absolute Gasteiger partial charge is 0.332 e. The van der Waals surface area contributed by atoms with Crippen LogP contribution in [0, 0.1) is 11.7 Å². The molecule has 0 radical (unpaired) electrons. The number of nitrogens with zero attached hydrogens (tertiary/aromatic N) is 5. The second kappa shape index (κ2) is 5.48. The second-order valence-corrected chi connectivity index (χ2v) is 7.49. The first-order chi connectivity index (χ1) is 13.0. The third-order valence-electron chi connectivity index (χ3n) is 5.25.